The Kier molecular flexibility index (Phi) is 3.87. The van der Waals surface area contributed by atoms with Crippen LogP contribution in [0, 0.1) is 11.3 Å². The first kappa shape index (κ1) is 6.81. The second-order valence-electron chi connectivity index (χ2n) is 0.818. The molecule has 3 heteroatoms. The Labute approximate surface area is 52.1 Å². The van der Waals surface area contributed by atoms with Crippen molar-refractivity contribution in [1.29, 1.82) is 5.26 Å². The minimum atomic E-state index is 0.148. The largest absolute Gasteiger partial charge is 0.191 e. The summed E-state index contributed by atoms with van der Waals surface area (Å²) in [4.78, 5) is 0. The summed E-state index contributed by atoms with van der Waals surface area (Å²) >= 11 is 10.3. The Morgan fingerprint density at radius 3 is 2.57 bits per heavy atom. The molecule has 0 N–H and O–H groups in total. The van der Waals surface area contributed by atoms with E-state index >= 15 is 0 Å². The molecule has 0 aliphatic rings. The van der Waals surface area contributed by atoms with E-state index < -0.39 is 0 Å². The number of nitrogens with zero attached hydrogens (tertiary/aromatic N) is 1. The van der Waals surface area contributed by atoms with Crippen LogP contribution in [-0.4, -0.2) is 5.88 Å². The SMILES string of the molecule is N#C/C(Cl)=C/CCl. The summed E-state index contributed by atoms with van der Waals surface area (Å²) < 4.78 is 0. The Balaban J connectivity index is 3.57. The molecular formula is C4H3Cl2N. The van der Waals surface area contributed by atoms with Gasteiger partial charge in [-0.2, -0.15) is 5.26 Å². The minimum absolute atomic E-state index is 0.148. The summed E-state index contributed by atoms with van der Waals surface area (Å²) in [5.74, 6) is 0.298. The Morgan fingerprint density at radius 1 is 1.86 bits per heavy atom. The minimum Gasteiger partial charge on any atom is -0.191 e. The fourth-order valence-electron chi connectivity index (χ4n) is 0.113. The lowest BCUT2D eigenvalue weighted by atomic mass is 10.6. The summed E-state index contributed by atoms with van der Waals surface area (Å²) in [5, 5.41) is 8.11. The maximum atomic E-state index is 7.96. The van der Waals surface area contributed by atoms with Gasteiger partial charge in [-0.1, -0.05) is 11.6 Å². The summed E-state index contributed by atoms with van der Waals surface area (Å²) in [6.45, 7) is 0. The normalized spacial score (nSPS) is 10.7. The van der Waals surface area contributed by atoms with Gasteiger partial charge in [0.05, 0.1) is 0 Å². The molecule has 1 nitrogen and oxygen atoms in total. The maximum absolute atomic E-state index is 7.96. The van der Waals surface area contributed by atoms with Crippen LogP contribution in [0.4, 0.5) is 0 Å². The highest BCUT2D eigenvalue weighted by molar-refractivity contribution is 6.32. The van der Waals surface area contributed by atoms with Gasteiger partial charge in [-0.05, 0) is 6.08 Å². The van der Waals surface area contributed by atoms with Gasteiger partial charge < -0.3 is 0 Å². The molecule has 0 aliphatic carbocycles. The van der Waals surface area contributed by atoms with E-state index in [1.54, 1.807) is 6.07 Å². The molecule has 0 rings (SSSR count). The van der Waals surface area contributed by atoms with Gasteiger partial charge in [-0.3, -0.25) is 0 Å². The standard InChI is InChI=1S/C4H3Cl2N/c5-2-1-4(6)3-7/h1H,2H2/b4-1-. The molecule has 0 radical (unpaired) electrons. The molecule has 0 aromatic carbocycles. The van der Waals surface area contributed by atoms with E-state index in [-0.39, 0.29) is 5.03 Å². The highest BCUT2D eigenvalue weighted by Crippen LogP contribution is 1.96. The molecule has 0 saturated carbocycles. The van der Waals surface area contributed by atoms with E-state index in [9.17, 15) is 0 Å². The van der Waals surface area contributed by atoms with Crippen LogP contribution in [0.15, 0.2) is 11.1 Å². The van der Waals surface area contributed by atoms with Crippen LogP contribution in [0.1, 0.15) is 0 Å². The van der Waals surface area contributed by atoms with E-state index in [1.165, 1.54) is 6.08 Å². The molecule has 0 aromatic rings. The second-order valence-corrected chi connectivity index (χ2v) is 1.53. The number of alkyl halides is 1. The van der Waals surface area contributed by atoms with Crippen molar-refractivity contribution in [2.24, 2.45) is 0 Å². The van der Waals surface area contributed by atoms with Crippen LogP contribution in [0.3, 0.4) is 0 Å². The van der Waals surface area contributed by atoms with Crippen molar-refractivity contribution in [3.63, 3.8) is 0 Å². The van der Waals surface area contributed by atoms with Crippen molar-refractivity contribution in [3.8, 4) is 6.07 Å². The molecule has 0 spiro atoms. The van der Waals surface area contributed by atoms with Gasteiger partial charge in [-0.15, -0.1) is 11.6 Å². The third kappa shape index (κ3) is 3.65. The highest BCUT2D eigenvalue weighted by atomic mass is 35.5. The molecule has 38 valence electrons. The predicted octanol–water partition coefficient (Wildman–Crippen LogP) is 1.87. The molecule has 0 bridgehead atoms. The Bertz CT molecular complexity index is 111. The zero-order chi connectivity index (χ0) is 5.70. The van der Waals surface area contributed by atoms with E-state index in [1.807, 2.05) is 0 Å². The molecule has 0 atom stereocenters. The first-order chi connectivity index (χ1) is 3.31. The van der Waals surface area contributed by atoms with Crippen LogP contribution in [0.25, 0.3) is 0 Å². The first-order valence-corrected chi connectivity index (χ1v) is 2.54. The molecule has 0 fully saturated rings. The third-order valence-corrected chi connectivity index (χ3v) is 0.756. The molecule has 0 amide bonds. The summed E-state index contributed by atoms with van der Waals surface area (Å²) in [6.07, 6.45) is 1.43. The van der Waals surface area contributed by atoms with Crippen molar-refractivity contribution in [2.75, 3.05) is 5.88 Å². The lowest BCUT2D eigenvalue weighted by Gasteiger charge is -1.72. The van der Waals surface area contributed by atoms with Gasteiger partial charge in [0, 0.05) is 5.88 Å². The Hall–Kier alpha value is -0.190. The fraction of sp³-hybridized carbons (Fsp3) is 0.250. The average Bonchev–Trinajstić information content (AvgIpc) is 1.68. The third-order valence-electron chi connectivity index (χ3n) is 0.363. The summed E-state index contributed by atoms with van der Waals surface area (Å²) in [5.41, 5.74) is 0. The highest BCUT2D eigenvalue weighted by Gasteiger charge is 1.80. The molecule has 0 saturated heterocycles. The Morgan fingerprint density at radius 2 is 2.43 bits per heavy atom. The lowest BCUT2D eigenvalue weighted by Crippen LogP contribution is -1.63. The fourth-order valence-corrected chi connectivity index (χ4v) is 0.424. The smallest absolute Gasteiger partial charge is 0.115 e. The van der Waals surface area contributed by atoms with Gasteiger partial charge in [0.25, 0.3) is 0 Å². The van der Waals surface area contributed by atoms with Gasteiger partial charge in [0.1, 0.15) is 11.1 Å². The van der Waals surface area contributed by atoms with Crippen molar-refractivity contribution >= 4 is 23.2 Å². The van der Waals surface area contributed by atoms with E-state index in [2.05, 4.69) is 0 Å². The number of rotatable bonds is 1. The van der Waals surface area contributed by atoms with Crippen molar-refractivity contribution in [3.05, 3.63) is 11.1 Å². The molecular weight excluding hydrogens is 133 g/mol. The van der Waals surface area contributed by atoms with Gasteiger partial charge in [0.15, 0.2) is 0 Å². The van der Waals surface area contributed by atoms with Gasteiger partial charge in [-0.25, -0.2) is 0 Å². The zero-order valence-corrected chi connectivity index (χ0v) is 5.00. The van der Waals surface area contributed by atoms with E-state index in [4.69, 9.17) is 28.5 Å². The van der Waals surface area contributed by atoms with E-state index in [0.29, 0.717) is 5.88 Å². The number of hydrogen-bond donors (Lipinski definition) is 0. The van der Waals surface area contributed by atoms with Crippen LogP contribution >= 0.6 is 23.2 Å². The van der Waals surface area contributed by atoms with Gasteiger partial charge in [0.2, 0.25) is 0 Å². The maximum Gasteiger partial charge on any atom is 0.115 e. The second kappa shape index (κ2) is 3.98. The van der Waals surface area contributed by atoms with Crippen LogP contribution < -0.4 is 0 Å². The molecule has 0 aliphatic heterocycles. The topological polar surface area (TPSA) is 23.8 Å². The molecule has 7 heavy (non-hydrogen) atoms. The number of allylic oxidation sites excluding steroid dienone is 2. The first-order valence-electron chi connectivity index (χ1n) is 1.63. The summed E-state index contributed by atoms with van der Waals surface area (Å²) in [6, 6.07) is 1.71. The number of nitriles is 1. The van der Waals surface area contributed by atoms with Crippen LogP contribution in [-0.2, 0) is 0 Å². The van der Waals surface area contributed by atoms with Gasteiger partial charge >= 0.3 is 0 Å². The average molecular weight is 136 g/mol. The predicted molar refractivity (Wildman–Crippen MR) is 30.3 cm³/mol. The number of hydrogen-bond acceptors (Lipinski definition) is 1. The van der Waals surface area contributed by atoms with E-state index in [0.717, 1.165) is 0 Å². The quantitative estimate of drug-likeness (QED) is 0.398. The van der Waals surface area contributed by atoms with Crippen LogP contribution in [0.2, 0.25) is 0 Å². The monoisotopic (exact) mass is 135 g/mol. The lowest BCUT2D eigenvalue weighted by molar-refractivity contribution is 1.52. The molecule has 0 aromatic heterocycles. The molecule has 0 heterocycles. The van der Waals surface area contributed by atoms with Crippen LogP contribution in [0.5, 0.6) is 0 Å². The van der Waals surface area contributed by atoms with Crippen molar-refractivity contribution in [2.45, 2.75) is 0 Å². The summed E-state index contributed by atoms with van der Waals surface area (Å²) in [7, 11) is 0. The van der Waals surface area contributed by atoms with Crippen molar-refractivity contribution < 1.29 is 0 Å². The van der Waals surface area contributed by atoms with Crippen molar-refractivity contribution in [1.82, 2.24) is 0 Å². The zero-order valence-electron chi connectivity index (χ0n) is 3.49. The number of halogens is 2. The molecule has 0 unspecified atom stereocenters.